The lowest BCUT2D eigenvalue weighted by molar-refractivity contribution is -0.122. The molecule has 5 amide bonds. The molecular weight excluding hydrogens is 578 g/mol. The van der Waals surface area contributed by atoms with Crippen molar-refractivity contribution in [2.45, 2.75) is 6.92 Å². The Kier molecular flexibility index (Phi) is 8.13. The van der Waals surface area contributed by atoms with Crippen LogP contribution in [0.25, 0.3) is 6.08 Å². The number of rotatable bonds is 7. The first-order valence-corrected chi connectivity index (χ1v) is 12.4. The van der Waals surface area contributed by atoms with Crippen molar-refractivity contribution >= 4 is 68.7 Å². The van der Waals surface area contributed by atoms with E-state index in [1.165, 1.54) is 25.3 Å². The van der Waals surface area contributed by atoms with E-state index in [4.69, 9.17) is 21.1 Å². The monoisotopic (exact) mass is 597 g/mol. The number of nitrogens with zero attached hydrogens (tertiary/aromatic N) is 1. The first-order valence-electron chi connectivity index (χ1n) is 11.2. The fourth-order valence-electron chi connectivity index (χ4n) is 3.67. The number of imide groups is 2. The van der Waals surface area contributed by atoms with Gasteiger partial charge >= 0.3 is 6.03 Å². The standard InChI is InChI=1S/C27H21BrClN3O6/c1-15-4-3-5-18(10-15)30-23(33)14-38-24-21(29)12-16(13-22(24)37-2)11-20-25(34)31-27(36)32(26(20)35)19-8-6-17(28)7-9-19/h3-13H,14H2,1-2H3,(H,30,33)(H,31,34,36)/b20-11+. The summed E-state index contributed by atoms with van der Waals surface area (Å²) in [5.41, 5.74) is 1.97. The van der Waals surface area contributed by atoms with Gasteiger partial charge in [-0.3, -0.25) is 19.7 Å². The molecule has 0 spiro atoms. The van der Waals surface area contributed by atoms with Crippen molar-refractivity contribution in [3.8, 4) is 11.5 Å². The van der Waals surface area contributed by atoms with Gasteiger partial charge in [-0.2, -0.15) is 0 Å². The van der Waals surface area contributed by atoms with Gasteiger partial charge in [0.2, 0.25) is 0 Å². The molecule has 3 aromatic rings. The van der Waals surface area contributed by atoms with E-state index in [0.717, 1.165) is 14.9 Å². The first-order chi connectivity index (χ1) is 18.2. The van der Waals surface area contributed by atoms with Gasteiger partial charge in [0.1, 0.15) is 5.57 Å². The van der Waals surface area contributed by atoms with E-state index in [-0.39, 0.29) is 34.4 Å². The van der Waals surface area contributed by atoms with Crippen LogP contribution in [0.2, 0.25) is 5.02 Å². The van der Waals surface area contributed by atoms with Gasteiger partial charge in [-0.25, -0.2) is 9.69 Å². The second kappa shape index (κ2) is 11.5. The van der Waals surface area contributed by atoms with Gasteiger partial charge in [0.05, 0.1) is 17.8 Å². The Labute approximate surface area is 231 Å². The van der Waals surface area contributed by atoms with Crippen molar-refractivity contribution in [3.63, 3.8) is 0 Å². The molecule has 1 aliphatic rings. The third kappa shape index (κ3) is 6.04. The maximum atomic E-state index is 13.1. The second-order valence-electron chi connectivity index (χ2n) is 8.17. The summed E-state index contributed by atoms with van der Waals surface area (Å²) in [6, 6.07) is 15.9. The van der Waals surface area contributed by atoms with Crippen LogP contribution in [0.4, 0.5) is 16.2 Å². The Bertz CT molecular complexity index is 1470. The van der Waals surface area contributed by atoms with E-state index >= 15 is 0 Å². The Hall–Kier alpha value is -4.15. The van der Waals surface area contributed by atoms with E-state index in [1.54, 1.807) is 30.3 Å². The number of anilines is 2. The molecule has 4 rings (SSSR count). The fraction of sp³-hybridized carbons (Fsp3) is 0.111. The Morgan fingerprint density at radius 1 is 1.11 bits per heavy atom. The van der Waals surface area contributed by atoms with Gasteiger partial charge in [0.15, 0.2) is 18.1 Å². The summed E-state index contributed by atoms with van der Waals surface area (Å²) < 4.78 is 11.7. The zero-order valence-corrected chi connectivity index (χ0v) is 22.6. The van der Waals surface area contributed by atoms with Gasteiger partial charge in [-0.1, -0.05) is 39.7 Å². The maximum Gasteiger partial charge on any atom is 0.335 e. The summed E-state index contributed by atoms with van der Waals surface area (Å²) in [6.45, 7) is 1.57. The minimum Gasteiger partial charge on any atom is -0.493 e. The average molecular weight is 599 g/mol. The summed E-state index contributed by atoms with van der Waals surface area (Å²) in [5, 5.41) is 4.99. The van der Waals surface area contributed by atoms with Crippen LogP contribution >= 0.6 is 27.5 Å². The number of amides is 5. The van der Waals surface area contributed by atoms with Crippen LogP contribution in [0.1, 0.15) is 11.1 Å². The molecule has 0 unspecified atom stereocenters. The second-order valence-corrected chi connectivity index (χ2v) is 9.50. The minimum absolute atomic E-state index is 0.0871. The lowest BCUT2D eigenvalue weighted by atomic mass is 10.1. The number of hydrogen-bond donors (Lipinski definition) is 2. The maximum absolute atomic E-state index is 13.1. The molecule has 9 nitrogen and oxygen atoms in total. The predicted molar refractivity (Wildman–Crippen MR) is 146 cm³/mol. The topological polar surface area (TPSA) is 114 Å². The quantitative estimate of drug-likeness (QED) is 0.289. The Balaban J connectivity index is 1.55. The molecule has 1 heterocycles. The van der Waals surface area contributed by atoms with E-state index < -0.39 is 23.8 Å². The molecule has 1 fully saturated rings. The van der Waals surface area contributed by atoms with Gasteiger partial charge in [-0.15, -0.1) is 0 Å². The van der Waals surface area contributed by atoms with Crippen molar-refractivity contribution in [3.05, 3.63) is 86.9 Å². The van der Waals surface area contributed by atoms with Gasteiger partial charge in [-0.05, 0) is 72.7 Å². The zero-order valence-electron chi connectivity index (χ0n) is 20.2. The van der Waals surface area contributed by atoms with Crippen LogP contribution in [0.3, 0.4) is 0 Å². The number of carbonyl (C=O) groups is 4. The van der Waals surface area contributed by atoms with E-state index in [1.807, 2.05) is 25.1 Å². The number of carbonyl (C=O) groups excluding carboxylic acids is 4. The highest BCUT2D eigenvalue weighted by atomic mass is 79.9. The number of aryl methyl sites for hydroxylation is 1. The average Bonchev–Trinajstić information content (AvgIpc) is 2.86. The van der Waals surface area contributed by atoms with Crippen LogP contribution in [0.15, 0.2) is 70.7 Å². The van der Waals surface area contributed by atoms with Crippen molar-refractivity contribution in [1.29, 1.82) is 0 Å². The van der Waals surface area contributed by atoms with Crippen LogP contribution in [-0.4, -0.2) is 37.5 Å². The molecule has 0 atom stereocenters. The molecule has 1 aliphatic heterocycles. The molecular formula is C27H21BrClN3O6. The van der Waals surface area contributed by atoms with Crippen LogP contribution in [-0.2, 0) is 14.4 Å². The fourth-order valence-corrected chi connectivity index (χ4v) is 4.21. The number of halogens is 2. The molecule has 194 valence electrons. The molecule has 0 saturated carbocycles. The Morgan fingerprint density at radius 2 is 1.84 bits per heavy atom. The van der Waals surface area contributed by atoms with Crippen molar-refractivity contribution in [2.24, 2.45) is 0 Å². The lowest BCUT2D eigenvalue weighted by Gasteiger charge is -2.26. The third-order valence-corrected chi connectivity index (χ3v) is 6.21. The molecule has 0 radical (unpaired) electrons. The number of methoxy groups -OCH3 is 1. The van der Waals surface area contributed by atoms with Crippen molar-refractivity contribution in [1.82, 2.24) is 5.32 Å². The Morgan fingerprint density at radius 3 is 2.53 bits per heavy atom. The molecule has 0 bridgehead atoms. The predicted octanol–water partition coefficient (Wildman–Crippen LogP) is 5.10. The normalized spacial score (nSPS) is 14.4. The minimum atomic E-state index is -0.859. The van der Waals surface area contributed by atoms with E-state index in [9.17, 15) is 19.2 Å². The molecule has 2 N–H and O–H groups in total. The van der Waals surface area contributed by atoms with Crippen LogP contribution in [0.5, 0.6) is 11.5 Å². The highest BCUT2D eigenvalue weighted by Crippen LogP contribution is 2.37. The van der Waals surface area contributed by atoms with Gasteiger partial charge in [0.25, 0.3) is 17.7 Å². The van der Waals surface area contributed by atoms with Crippen LogP contribution < -0.4 is 25.0 Å². The molecule has 38 heavy (non-hydrogen) atoms. The number of urea groups is 1. The first kappa shape index (κ1) is 26.9. The van der Waals surface area contributed by atoms with E-state index in [2.05, 4.69) is 26.6 Å². The summed E-state index contributed by atoms with van der Waals surface area (Å²) in [6.07, 6.45) is 1.29. The summed E-state index contributed by atoms with van der Waals surface area (Å²) in [5.74, 6) is -1.76. The number of nitrogens with one attached hydrogen (secondary N) is 2. The zero-order chi connectivity index (χ0) is 27.4. The summed E-state index contributed by atoms with van der Waals surface area (Å²) >= 11 is 9.71. The number of hydrogen-bond acceptors (Lipinski definition) is 6. The van der Waals surface area contributed by atoms with Gasteiger partial charge < -0.3 is 14.8 Å². The summed E-state index contributed by atoms with van der Waals surface area (Å²) in [7, 11) is 1.38. The highest BCUT2D eigenvalue weighted by molar-refractivity contribution is 9.10. The number of barbiturate groups is 1. The number of benzene rings is 3. The molecule has 0 aromatic heterocycles. The highest BCUT2D eigenvalue weighted by Gasteiger charge is 2.36. The summed E-state index contributed by atoms with van der Waals surface area (Å²) in [4.78, 5) is 51.3. The lowest BCUT2D eigenvalue weighted by Crippen LogP contribution is -2.54. The molecule has 1 saturated heterocycles. The number of ether oxygens (including phenoxy) is 2. The van der Waals surface area contributed by atoms with Crippen molar-refractivity contribution in [2.75, 3.05) is 23.9 Å². The molecule has 3 aromatic carbocycles. The smallest absolute Gasteiger partial charge is 0.335 e. The van der Waals surface area contributed by atoms with Crippen molar-refractivity contribution < 1.29 is 28.7 Å². The third-order valence-electron chi connectivity index (χ3n) is 5.40. The van der Waals surface area contributed by atoms with E-state index in [0.29, 0.717) is 11.3 Å². The van der Waals surface area contributed by atoms with Gasteiger partial charge in [0, 0.05) is 10.2 Å². The molecule has 0 aliphatic carbocycles. The van der Waals surface area contributed by atoms with Crippen LogP contribution in [0, 0.1) is 6.92 Å². The molecule has 11 heteroatoms. The largest absolute Gasteiger partial charge is 0.493 e. The SMILES string of the molecule is COc1cc(/C=C2\C(=O)NC(=O)N(c3ccc(Br)cc3)C2=O)cc(Cl)c1OCC(=O)Nc1cccc(C)c1.